The van der Waals surface area contributed by atoms with E-state index in [2.05, 4.69) is 34.2 Å². The van der Waals surface area contributed by atoms with Gasteiger partial charge in [-0.15, -0.1) is 10.2 Å². The highest BCUT2D eigenvalue weighted by Crippen LogP contribution is 2.41. The van der Waals surface area contributed by atoms with Gasteiger partial charge in [0, 0.05) is 19.7 Å². The van der Waals surface area contributed by atoms with Crippen LogP contribution in [0.15, 0.2) is 34.7 Å². The summed E-state index contributed by atoms with van der Waals surface area (Å²) in [7, 11) is 0. The molecule has 1 unspecified atom stereocenters. The van der Waals surface area contributed by atoms with Gasteiger partial charge >= 0.3 is 0 Å². The first-order chi connectivity index (χ1) is 11.8. The molecule has 2 saturated heterocycles. The molecule has 0 bridgehead atoms. The topological polar surface area (TPSA) is 60.6 Å². The zero-order valence-corrected chi connectivity index (χ0v) is 13.9. The van der Waals surface area contributed by atoms with Gasteiger partial charge in [0.05, 0.1) is 18.6 Å². The van der Waals surface area contributed by atoms with E-state index in [1.165, 1.54) is 0 Å². The second kappa shape index (κ2) is 7.01. The SMILES string of the molecule is CCN1CCOC(c2nnc([C@H]3CCO[C@@H]3c3ccccc3)o2)C1. The van der Waals surface area contributed by atoms with Gasteiger partial charge in [-0.2, -0.15) is 0 Å². The average molecular weight is 329 g/mol. The maximum absolute atomic E-state index is 6.00. The summed E-state index contributed by atoms with van der Waals surface area (Å²) in [5, 5.41) is 8.56. The van der Waals surface area contributed by atoms with E-state index in [-0.39, 0.29) is 18.1 Å². The van der Waals surface area contributed by atoms with Crippen molar-refractivity contribution < 1.29 is 13.9 Å². The molecule has 3 heterocycles. The second-order valence-electron chi connectivity index (χ2n) is 6.33. The van der Waals surface area contributed by atoms with Crippen LogP contribution < -0.4 is 0 Å². The van der Waals surface area contributed by atoms with Crippen LogP contribution in [-0.2, 0) is 9.47 Å². The zero-order chi connectivity index (χ0) is 16.4. The van der Waals surface area contributed by atoms with E-state index in [0.29, 0.717) is 25.0 Å². The lowest BCUT2D eigenvalue weighted by Crippen LogP contribution is -2.38. The highest BCUT2D eigenvalue weighted by atomic mass is 16.5. The van der Waals surface area contributed by atoms with Crippen molar-refractivity contribution >= 4 is 0 Å². The molecule has 2 aromatic rings. The minimum absolute atomic E-state index is 0.0149. The monoisotopic (exact) mass is 329 g/mol. The third kappa shape index (κ3) is 3.09. The number of likely N-dealkylation sites (N-methyl/N-ethyl adjacent to an activating group) is 1. The normalized spacial score (nSPS) is 28.3. The Kier molecular flexibility index (Phi) is 4.60. The molecule has 0 saturated carbocycles. The third-order valence-electron chi connectivity index (χ3n) is 4.87. The van der Waals surface area contributed by atoms with Gasteiger partial charge in [-0.3, -0.25) is 4.90 Å². The van der Waals surface area contributed by atoms with Crippen molar-refractivity contribution in [2.45, 2.75) is 31.5 Å². The molecule has 0 aliphatic carbocycles. The second-order valence-corrected chi connectivity index (χ2v) is 6.33. The van der Waals surface area contributed by atoms with E-state index in [1.807, 2.05) is 18.2 Å². The summed E-state index contributed by atoms with van der Waals surface area (Å²) in [4.78, 5) is 2.34. The highest BCUT2D eigenvalue weighted by molar-refractivity contribution is 5.22. The molecule has 6 nitrogen and oxygen atoms in total. The van der Waals surface area contributed by atoms with E-state index in [0.717, 1.165) is 31.6 Å². The number of aromatic nitrogens is 2. The van der Waals surface area contributed by atoms with Gasteiger partial charge < -0.3 is 13.9 Å². The molecule has 0 N–H and O–H groups in total. The Hall–Kier alpha value is -1.76. The summed E-state index contributed by atoms with van der Waals surface area (Å²) in [6.45, 7) is 6.35. The molecule has 2 aliphatic rings. The minimum atomic E-state index is -0.127. The fourth-order valence-electron chi connectivity index (χ4n) is 3.48. The number of ether oxygens (including phenoxy) is 2. The first kappa shape index (κ1) is 15.7. The van der Waals surface area contributed by atoms with Crippen molar-refractivity contribution in [3.8, 4) is 0 Å². The Morgan fingerprint density at radius 1 is 1.08 bits per heavy atom. The van der Waals surface area contributed by atoms with Gasteiger partial charge in [-0.25, -0.2) is 0 Å². The van der Waals surface area contributed by atoms with Crippen LogP contribution in [0.25, 0.3) is 0 Å². The summed E-state index contributed by atoms with van der Waals surface area (Å²) in [6, 6.07) is 10.2. The van der Waals surface area contributed by atoms with Gasteiger partial charge in [-0.1, -0.05) is 37.3 Å². The Morgan fingerprint density at radius 2 is 1.92 bits per heavy atom. The molecule has 0 amide bonds. The summed E-state index contributed by atoms with van der Waals surface area (Å²) in [6.07, 6.45) is 0.754. The number of morpholine rings is 1. The fraction of sp³-hybridized carbons (Fsp3) is 0.556. The van der Waals surface area contributed by atoms with Crippen molar-refractivity contribution in [1.29, 1.82) is 0 Å². The van der Waals surface area contributed by atoms with Crippen molar-refractivity contribution in [2.24, 2.45) is 0 Å². The van der Waals surface area contributed by atoms with Crippen LogP contribution in [0.1, 0.15) is 48.8 Å². The van der Waals surface area contributed by atoms with Gasteiger partial charge in [0.25, 0.3) is 0 Å². The lowest BCUT2D eigenvalue weighted by molar-refractivity contribution is -0.0417. The lowest BCUT2D eigenvalue weighted by atomic mass is 9.95. The van der Waals surface area contributed by atoms with Crippen LogP contribution >= 0.6 is 0 Å². The Balaban J connectivity index is 1.52. The van der Waals surface area contributed by atoms with Gasteiger partial charge in [0.2, 0.25) is 11.8 Å². The largest absolute Gasteiger partial charge is 0.422 e. The van der Waals surface area contributed by atoms with Crippen molar-refractivity contribution in [3.63, 3.8) is 0 Å². The van der Waals surface area contributed by atoms with Crippen LogP contribution in [0.2, 0.25) is 0 Å². The molecule has 1 aromatic carbocycles. The maximum atomic E-state index is 6.00. The van der Waals surface area contributed by atoms with Crippen LogP contribution in [0.5, 0.6) is 0 Å². The van der Waals surface area contributed by atoms with Crippen molar-refractivity contribution in [2.75, 3.05) is 32.8 Å². The van der Waals surface area contributed by atoms with E-state index in [4.69, 9.17) is 13.9 Å². The predicted molar refractivity (Wildman–Crippen MR) is 87.6 cm³/mol. The predicted octanol–water partition coefficient (Wildman–Crippen LogP) is 2.71. The van der Waals surface area contributed by atoms with Crippen molar-refractivity contribution in [1.82, 2.24) is 15.1 Å². The van der Waals surface area contributed by atoms with Crippen LogP contribution in [0.4, 0.5) is 0 Å². The maximum Gasteiger partial charge on any atom is 0.246 e. The van der Waals surface area contributed by atoms with Gasteiger partial charge in [0.1, 0.15) is 6.10 Å². The van der Waals surface area contributed by atoms with Crippen molar-refractivity contribution in [3.05, 3.63) is 47.7 Å². The van der Waals surface area contributed by atoms with Crippen LogP contribution in [0, 0.1) is 0 Å². The zero-order valence-electron chi connectivity index (χ0n) is 13.9. The molecule has 3 atom stereocenters. The van der Waals surface area contributed by atoms with Crippen LogP contribution in [0.3, 0.4) is 0 Å². The Bertz CT molecular complexity index is 661. The first-order valence-electron chi connectivity index (χ1n) is 8.69. The van der Waals surface area contributed by atoms with E-state index >= 15 is 0 Å². The highest BCUT2D eigenvalue weighted by Gasteiger charge is 2.36. The molecular formula is C18H23N3O3. The number of hydrogen-bond donors (Lipinski definition) is 0. The average Bonchev–Trinajstić information content (AvgIpc) is 3.31. The molecule has 4 rings (SSSR count). The fourth-order valence-corrected chi connectivity index (χ4v) is 3.48. The van der Waals surface area contributed by atoms with Crippen LogP contribution in [-0.4, -0.2) is 47.9 Å². The molecule has 1 aromatic heterocycles. The number of benzene rings is 1. The molecule has 0 spiro atoms. The lowest BCUT2D eigenvalue weighted by Gasteiger charge is -2.30. The minimum Gasteiger partial charge on any atom is -0.422 e. The molecule has 0 radical (unpaired) electrons. The van der Waals surface area contributed by atoms with E-state index in [1.54, 1.807) is 0 Å². The molecule has 2 fully saturated rings. The van der Waals surface area contributed by atoms with E-state index in [9.17, 15) is 0 Å². The quantitative estimate of drug-likeness (QED) is 0.859. The van der Waals surface area contributed by atoms with Gasteiger partial charge in [-0.05, 0) is 18.5 Å². The molecular weight excluding hydrogens is 306 g/mol. The van der Waals surface area contributed by atoms with E-state index < -0.39 is 0 Å². The Labute approximate surface area is 141 Å². The smallest absolute Gasteiger partial charge is 0.246 e. The number of rotatable bonds is 4. The summed E-state index contributed by atoms with van der Waals surface area (Å²) in [5.41, 5.74) is 1.16. The summed E-state index contributed by atoms with van der Waals surface area (Å²) < 4.78 is 17.7. The molecule has 2 aliphatic heterocycles. The molecule has 6 heteroatoms. The Morgan fingerprint density at radius 3 is 2.75 bits per heavy atom. The summed E-state index contributed by atoms with van der Waals surface area (Å²) >= 11 is 0. The summed E-state index contributed by atoms with van der Waals surface area (Å²) in [5.74, 6) is 1.36. The standard InChI is InChI=1S/C18H23N3O3/c1-2-21-9-11-22-15(12-21)18-20-19-17(24-18)14-8-10-23-16(14)13-6-4-3-5-7-13/h3-7,14-16H,2,8-12H2,1H3/t14-,15?,16+/m0/s1. The first-order valence-corrected chi connectivity index (χ1v) is 8.69. The number of nitrogens with zero attached hydrogens (tertiary/aromatic N) is 3. The third-order valence-corrected chi connectivity index (χ3v) is 4.87. The van der Waals surface area contributed by atoms with Gasteiger partial charge in [0.15, 0.2) is 0 Å². The number of hydrogen-bond acceptors (Lipinski definition) is 6. The molecule has 128 valence electrons. The molecule has 24 heavy (non-hydrogen) atoms.